The highest BCUT2D eigenvalue weighted by molar-refractivity contribution is 5.85. The first-order valence-corrected chi connectivity index (χ1v) is 3.79. The molecule has 1 rings (SSSR count). The van der Waals surface area contributed by atoms with Crippen LogP contribution in [0.3, 0.4) is 0 Å². The molecule has 0 radical (unpaired) electrons. The Morgan fingerprint density at radius 1 is 1.25 bits per heavy atom. The summed E-state index contributed by atoms with van der Waals surface area (Å²) in [5.41, 5.74) is 1.25. The minimum Gasteiger partial charge on any atom is -0.316 e. The number of hydrogen-bond donors (Lipinski definition) is 1. The molecule has 0 aliphatic rings. The van der Waals surface area contributed by atoms with Gasteiger partial charge in [-0.05, 0) is 12.6 Å². The molecule has 0 heterocycles. The van der Waals surface area contributed by atoms with Crippen molar-refractivity contribution in [3.05, 3.63) is 42.0 Å². The third kappa shape index (κ3) is 4.16. The predicted molar refractivity (Wildman–Crippen MR) is 56.7 cm³/mol. The molecule has 0 saturated heterocycles. The van der Waals surface area contributed by atoms with E-state index in [0.29, 0.717) is 0 Å². The molecule has 0 bridgehead atoms. The molecular formula is C10H14ClN. The van der Waals surface area contributed by atoms with Gasteiger partial charge in [-0.15, -0.1) is 12.4 Å². The summed E-state index contributed by atoms with van der Waals surface area (Å²) in [6, 6.07) is 10.3. The molecule has 1 aromatic carbocycles. The Morgan fingerprint density at radius 3 is 2.50 bits per heavy atom. The molecule has 0 fully saturated rings. The highest BCUT2D eigenvalue weighted by Crippen LogP contribution is 1.99. The normalized spacial score (nSPS) is 9.75. The zero-order valence-electron chi connectivity index (χ0n) is 7.16. The topological polar surface area (TPSA) is 12.0 Å². The molecule has 12 heavy (non-hydrogen) atoms. The van der Waals surface area contributed by atoms with Crippen LogP contribution >= 0.6 is 12.4 Å². The number of likely N-dealkylation sites (N-methyl/N-ethyl adjacent to an activating group) is 1. The summed E-state index contributed by atoms with van der Waals surface area (Å²) in [6.45, 7) is 0.925. The van der Waals surface area contributed by atoms with Crippen molar-refractivity contribution in [3.8, 4) is 0 Å². The predicted octanol–water partition coefficient (Wildman–Crippen LogP) is 2.34. The van der Waals surface area contributed by atoms with Gasteiger partial charge in [0.15, 0.2) is 0 Å². The maximum atomic E-state index is 3.05. The largest absolute Gasteiger partial charge is 0.316 e. The van der Waals surface area contributed by atoms with E-state index in [-0.39, 0.29) is 12.4 Å². The van der Waals surface area contributed by atoms with Gasteiger partial charge in [0.2, 0.25) is 0 Å². The smallest absolute Gasteiger partial charge is 0.0135 e. The average Bonchev–Trinajstić information content (AvgIpc) is 2.07. The lowest BCUT2D eigenvalue weighted by atomic mass is 10.2. The van der Waals surface area contributed by atoms with E-state index < -0.39 is 0 Å². The summed E-state index contributed by atoms with van der Waals surface area (Å²) in [6.07, 6.45) is 4.21. The highest BCUT2D eigenvalue weighted by atomic mass is 35.5. The fourth-order valence-corrected chi connectivity index (χ4v) is 0.877. The van der Waals surface area contributed by atoms with Gasteiger partial charge in [-0.25, -0.2) is 0 Å². The van der Waals surface area contributed by atoms with Crippen molar-refractivity contribution in [1.82, 2.24) is 5.32 Å². The van der Waals surface area contributed by atoms with Gasteiger partial charge in [-0.3, -0.25) is 0 Å². The SMILES string of the molecule is CNC/C=C/c1ccccc1.Cl. The quantitative estimate of drug-likeness (QED) is 0.759. The summed E-state index contributed by atoms with van der Waals surface area (Å²) < 4.78 is 0. The van der Waals surface area contributed by atoms with Crippen molar-refractivity contribution < 1.29 is 0 Å². The van der Waals surface area contributed by atoms with Gasteiger partial charge >= 0.3 is 0 Å². The summed E-state index contributed by atoms with van der Waals surface area (Å²) >= 11 is 0. The second kappa shape index (κ2) is 6.89. The van der Waals surface area contributed by atoms with E-state index in [9.17, 15) is 0 Å². The van der Waals surface area contributed by atoms with Gasteiger partial charge in [0.05, 0.1) is 0 Å². The Morgan fingerprint density at radius 2 is 1.92 bits per heavy atom. The van der Waals surface area contributed by atoms with Crippen LogP contribution in [0, 0.1) is 0 Å². The second-order valence-electron chi connectivity index (χ2n) is 2.37. The van der Waals surface area contributed by atoms with Crippen molar-refractivity contribution in [2.24, 2.45) is 0 Å². The van der Waals surface area contributed by atoms with Crippen LogP contribution in [0.4, 0.5) is 0 Å². The Bertz CT molecular complexity index is 219. The van der Waals surface area contributed by atoms with E-state index in [1.165, 1.54) is 5.56 Å². The zero-order valence-corrected chi connectivity index (χ0v) is 7.97. The highest BCUT2D eigenvalue weighted by Gasteiger charge is 1.79. The minimum atomic E-state index is 0. The average molecular weight is 184 g/mol. The first-order chi connectivity index (χ1) is 5.43. The Kier molecular flexibility index (Phi) is 6.44. The number of nitrogens with one attached hydrogen (secondary N) is 1. The van der Waals surface area contributed by atoms with E-state index in [0.717, 1.165) is 6.54 Å². The van der Waals surface area contributed by atoms with E-state index in [1.54, 1.807) is 0 Å². The van der Waals surface area contributed by atoms with Crippen LogP contribution in [-0.4, -0.2) is 13.6 Å². The Balaban J connectivity index is 0.00000121. The van der Waals surface area contributed by atoms with Crippen LogP contribution in [0.5, 0.6) is 0 Å². The maximum Gasteiger partial charge on any atom is 0.0135 e. The fraction of sp³-hybridized carbons (Fsp3) is 0.200. The van der Waals surface area contributed by atoms with Gasteiger partial charge in [0, 0.05) is 6.54 Å². The van der Waals surface area contributed by atoms with Gasteiger partial charge in [-0.2, -0.15) is 0 Å². The van der Waals surface area contributed by atoms with Gasteiger partial charge < -0.3 is 5.32 Å². The number of hydrogen-bond acceptors (Lipinski definition) is 1. The fourth-order valence-electron chi connectivity index (χ4n) is 0.877. The number of rotatable bonds is 3. The molecule has 0 unspecified atom stereocenters. The maximum absolute atomic E-state index is 3.05. The second-order valence-corrected chi connectivity index (χ2v) is 2.37. The van der Waals surface area contributed by atoms with E-state index >= 15 is 0 Å². The molecule has 0 aliphatic heterocycles. The molecule has 0 atom stereocenters. The lowest BCUT2D eigenvalue weighted by Gasteiger charge is -1.90. The van der Waals surface area contributed by atoms with Crippen molar-refractivity contribution in [2.75, 3.05) is 13.6 Å². The molecule has 2 heteroatoms. The van der Waals surface area contributed by atoms with Crippen molar-refractivity contribution >= 4 is 18.5 Å². The van der Waals surface area contributed by atoms with Crippen LogP contribution in [0.1, 0.15) is 5.56 Å². The first kappa shape index (κ1) is 11.2. The van der Waals surface area contributed by atoms with Gasteiger partial charge in [-0.1, -0.05) is 42.5 Å². The van der Waals surface area contributed by atoms with Crippen molar-refractivity contribution in [2.45, 2.75) is 0 Å². The lowest BCUT2D eigenvalue weighted by Crippen LogP contribution is -2.03. The Labute approximate surface area is 79.9 Å². The molecule has 0 aromatic heterocycles. The zero-order chi connectivity index (χ0) is 7.94. The van der Waals surface area contributed by atoms with Crippen LogP contribution in [0.2, 0.25) is 0 Å². The molecule has 1 aromatic rings. The molecule has 0 aliphatic carbocycles. The lowest BCUT2D eigenvalue weighted by molar-refractivity contribution is 0.922. The minimum absolute atomic E-state index is 0. The summed E-state index contributed by atoms with van der Waals surface area (Å²) in [5.74, 6) is 0. The molecule has 1 N–H and O–H groups in total. The molecule has 0 spiro atoms. The molecule has 1 nitrogen and oxygen atoms in total. The summed E-state index contributed by atoms with van der Waals surface area (Å²) in [7, 11) is 1.94. The summed E-state index contributed by atoms with van der Waals surface area (Å²) in [5, 5.41) is 3.05. The van der Waals surface area contributed by atoms with Crippen molar-refractivity contribution in [3.63, 3.8) is 0 Å². The molecular weight excluding hydrogens is 170 g/mol. The van der Waals surface area contributed by atoms with Crippen LogP contribution in [0.25, 0.3) is 6.08 Å². The van der Waals surface area contributed by atoms with E-state index in [2.05, 4.69) is 29.6 Å². The van der Waals surface area contributed by atoms with Crippen LogP contribution < -0.4 is 5.32 Å². The number of benzene rings is 1. The van der Waals surface area contributed by atoms with E-state index in [1.807, 2.05) is 25.2 Å². The molecule has 0 saturated carbocycles. The third-order valence-corrected chi connectivity index (χ3v) is 1.43. The Hall–Kier alpha value is -0.790. The van der Waals surface area contributed by atoms with E-state index in [4.69, 9.17) is 0 Å². The third-order valence-electron chi connectivity index (χ3n) is 1.43. The van der Waals surface area contributed by atoms with Crippen molar-refractivity contribution in [1.29, 1.82) is 0 Å². The molecule has 0 amide bonds. The molecule has 66 valence electrons. The van der Waals surface area contributed by atoms with Crippen LogP contribution in [0.15, 0.2) is 36.4 Å². The standard InChI is InChI=1S/C10H13N.ClH/c1-11-9-5-8-10-6-3-2-4-7-10;/h2-8,11H,9H2,1H3;1H/b8-5+;. The summed E-state index contributed by atoms with van der Waals surface area (Å²) in [4.78, 5) is 0. The van der Waals surface area contributed by atoms with Gasteiger partial charge in [0.25, 0.3) is 0 Å². The van der Waals surface area contributed by atoms with Gasteiger partial charge in [0.1, 0.15) is 0 Å². The number of halogens is 1. The monoisotopic (exact) mass is 183 g/mol. The van der Waals surface area contributed by atoms with Crippen LogP contribution in [-0.2, 0) is 0 Å². The first-order valence-electron chi connectivity index (χ1n) is 3.79.